The van der Waals surface area contributed by atoms with Crippen molar-refractivity contribution >= 4 is 23.0 Å². The first-order valence-electron chi connectivity index (χ1n) is 6.93. The number of anilines is 1. The lowest BCUT2D eigenvalue weighted by Crippen LogP contribution is -2.24. The van der Waals surface area contributed by atoms with Gasteiger partial charge >= 0.3 is 0 Å². The Morgan fingerprint density at radius 2 is 1.90 bits per heavy atom. The van der Waals surface area contributed by atoms with Gasteiger partial charge in [-0.1, -0.05) is 42.5 Å². The second kappa shape index (κ2) is 6.63. The van der Waals surface area contributed by atoms with Gasteiger partial charge in [0.15, 0.2) is 5.82 Å². The minimum absolute atomic E-state index is 0.205. The molecule has 0 saturated heterocycles. The third kappa shape index (κ3) is 3.76. The van der Waals surface area contributed by atoms with Crippen LogP contribution < -0.4 is 11.1 Å². The maximum Gasteiger partial charge on any atom is 0.159 e. The molecular formula is C16H20N4S. The third-order valence-corrected chi connectivity index (χ3v) is 3.67. The summed E-state index contributed by atoms with van der Waals surface area (Å²) in [5.74, 6) is 0.661. The average Bonchev–Trinajstić information content (AvgIpc) is 2.43. The normalized spacial score (nSPS) is 12.0. The van der Waals surface area contributed by atoms with Crippen molar-refractivity contribution in [2.24, 2.45) is 5.73 Å². The molecule has 1 unspecified atom stereocenters. The fourth-order valence-corrected chi connectivity index (χ4v) is 2.51. The van der Waals surface area contributed by atoms with E-state index in [4.69, 9.17) is 18.0 Å². The van der Waals surface area contributed by atoms with Crippen LogP contribution in [0.5, 0.6) is 0 Å². The number of nitrogens with two attached hydrogens (primary N) is 1. The van der Waals surface area contributed by atoms with E-state index in [1.807, 2.05) is 32.0 Å². The fraction of sp³-hybridized carbons (Fsp3) is 0.312. The van der Waals surface area contributed by atoms with E-state index in [9.17, 15) is 0 Å². The van der Waals surface area contributed by atoms with E-state index in [1.165, 1.54) is 5.56 Å². The van der Waals surface area contributed by atoms with Gasteiger partial charge in [-0.25, -0.2) is 0 Å². The molecule has 0 radical (unpaired) electrons. The molecule has 0 amide bonds. The molecule has 1 aromatic heterocycles. The van der Waals surface area contributed by atoms with Crippen LogP contribution in [0.4, 0.5) is 5.82 Å². The van der Waals surface area contributed by atoms with Gasteiger partial charge in [0.1, 0.15) is 4.99 Å². The first-order chi connectivity index (χ1) is 9.99. The molecule has 0 bridgehead atoms. The lowest BCUT2D eigenvalue weighted by atomic mass is 10.1. The van der Waals surface area contributed by atoms with Crippen LogP contribution in [-0.4, -0.2) is 21.2 Å². The number of hydrogen-bond donors (Lipinski definition) is 2. The van der Waals surface area contributed by atoms with Crippen LogP contribution in [0, 0.1) is 13.8 Å². The minimum atomic E-state index is 0.205. The Bertz CT molecular complexity index is 640. The lowest BCUT2D eigenvalue weighted by molar-refractivity contribution is 0.776. The second-order valence-corrected chi connectivity index (χ2v) is 5.67. The Labute approximate surface area is 130 Å². The van der Waals surface area contributed by atoms with Gasteiger partial charge in [0, 0.05) is 6.04 Å². The molecule has 0 saturated carbocycles. The first kappa shape index (κ1) is 15.4. The molecule has 3 N–H and O–H groups in total. The van der Waals surface area contributed by atoms with Crippen LogP contribution in [0.3, 0.4) is 0 Å². The number of rotatable bonds is 5. The predicted octanol–water partition coefficient (Wildman–Crippen LogP) is 2.77. The summed E-state index contributed by atoms with van der Waals surface area (Å²) in [6, 6.07) is 10.5. The summed E-state index contributed by atoms with van der Waals surface area (Å²) in [6.07, 6.45) is 0.895. The fourth-order valence-electron chi connectivity index (χ4n) is 2.26. The third-order valence-electron chi connectivity index (χ3n) is 3.47. The van der Waals surface area contributed by atoms with Crippen molar-refractivity contribution < 1.29 is 0 Å². The van der Waals surface area contributed by atoms with Gasteiger partial charge in [0.25, 0.3) is 0 Å². The van der Waals surface area contributed by atoms with Crippen LogP contribution >= 0.6 is 12.2 Å². The molecule has 5 heteroatoms. The standard InChI is InChI=1S/C16H20N4S/c1-10(9-13-7-5-4-6-8-13)18-16-14(15(17)21)11(2)12(3)19-20-16/h4-8,10H,9H2,1-3H3,(H2,17,21)(H,18,20). The van der Waals surface area contributed by atoms with Gasteiger partial charge < -0.3 is 11.1 Å². The van der Waals surface area contributed by atoms with Crippen molar-refractivity contribution in [1.29, 1.82) is 0 Å². The van der Waals surface area contributed by atoms with Crippen molar-refractivity contribution in [2.45, 2.75) is 33.2 Å². The molecule has 2 rings (SSSR count). The predicted molar refractivity (Wildman–Crippen MR) is 90.6 cm³/mol. The zero-order valence-electron chi connectivity index (χ0n) is 12.6. The number of benzene rings is 1. The van der Waals surface area contributed by atoms with Crippen LogP contribution in [0.25, 0.3) is 0 Å². The molecule has 0 spiro atoms. The van der Waals surface area contributed by atoms with Crippen molar-refractivity contribution in [3.8, 4) is 0 Å². The molecule has 0 fully saturated rings. The van der Waals surface area contributed by atoms with Gasteiger partial charge in [-0.15, -0.1) is 5.10 Å². The molecule has 0 aliphatic rings. The highest BCUT2D eigenvalue weighted by molar-refractivity contribution is 7.80. The number of hydrogen-bond acceptors (Lipinski definition) is 4. The Kier molecular flexibility index (Phi) is 4.85. The average molecular weight is 300 g/mol. The summed E-state index contributed by atoms with van der Waals surface area (Å²) >= 11 is 5.15. The molecule has 1 aromatic carbocycles. The summed E-state index contributed by atoms with van der Waals surface area (Å²) in [7, 11) is 0. The van der Waals surface area contributed by atoms with Gasteiger partial charge in [0.05, 0.1) is 11.3 Å². The molecule has 1 heterocycles. The number of nitrogens with one attached hydrogen (secondary N) is 1. The Hall–Kier alpha value is -2.01. The monoisotopic (exact) mass is 300 g/mol. The largest absolute Gasteiger partial charge is 0.389 e. The van der Waals surface area contributed by atoms with E-state index in [0.29, 0.717) is 10.8 Å². The number of aryl methyl sites for hydroxylation is 1. The molecule has 21 heavy (non-hydrogen) atoms. The molecule has 0 aliphatic carbocycles. The molecule has 1 atom stereocenters. The van der Waals surface area contributed by atoms with Gasteiger partial charge in [0.2, 0.25) is 0 Å². The molecule has 110 valence electrons. The van der Waals surface area contributed by atoms with Crippen molar-refractivity contribution in [3.63, 3.8) is 0 Å². The number of aromatic nitrogens is 2. The highest BCUT2D eigenvalue weighted by Crippen LogP contribution is 2.19. The van der Waals surface area contributed by atoms with E-state index in [2.05, 4.69) is 34.6 Å². The van der Waals surface area contributed by atoms with Gasteiger partial charge in [-0.05, 0) is 38.3 Å². The Morgan fingerprint density at radius 1 is 1.24 bits per heavy atom. The summed E-state index contributed by atoms with van der Waals surface area (Å²) in [5, 5.41) is 11.7. The van der Waals surface area contributed by atoms with E-state index >= 15 is 0 Å². The number of thiocarbonyl (C=S) groups is 1. The van der Waals surface area contributed by atoms with Crippen LogP contribution in [-0.2, 0) is 6.42 Å². The summed E-state index contributed by atoms with van der Waals surface area (Å²) < 4.78 is 0. The van der Waals surface area contributed by atoms with Crippen LogP contribution in [0.15, 0.2) is 30.3 Å². The molecule has 2 aromatic rings. The van der Waals surface area contributed by atoms with Crippen molar-refractivity contribution in [2.75, 3.05) is 5.32 Å². The number of nitrogens with zero attached hydrogens (tertiary/aromatic N) is 2. The van der Waals surface area contributed by atoms with Gasteiger partial charge in [-0.3, -0.25) is 0 Å². The zero-order chi connectivity index (χ0) is 15.4. The van der Waals surface area contributed by atoms with Gasteiger partial charge in [-0.2, -0.15) is 5.10 Å². The first-order valence-corrected chi connectivity index (χ1v) is 7.34. The molecule has 0 aliphatic heterocycles. The smallest absolute Gasteiger partial charge is 0.159 e. The maximum absolute atomic E-state index is 5.84. The van der Waals surface area contributed by atoms with Crippen molar-refractivity contribution in [1.82, 2.24) is 10.2 Å². The summed E-state index contributed by atoms with van der Waals surface area (Å²) in [5.41, 5.74) is 9.72. The van der Waals surface area contributed by atoms with E-state index < -0.39 is 0 Å². The van der Waals surface area contributed by atoms with Crippen LogP contribution in [0.1, 0.15) is 29.3 Å². The lowest BCUT2D eigenvalue weighted by Gasteiger charge is -2.18. The highest BCUT2D eigenvalue weighted by atomic mass is 32.1. The van der Waals surface area contributed by atoms with Crippen LogP contribution in [0.2, 0.25) is 0 Å². The van der Waals surface area contributed by atoms with E-state index in [-0.39, 0.29) is 6.04 Å². The van der Waals surface area contributed by atoms with E-state index in [1.54, 1.807) is 0 Å². The molecular weight excluding hydrogens is 280 g/mol. The molecule has 4 nitrogen and oxygen atoms in total. The quantitative estimate of drug-likeness (QED) is 0.831. The summed E-state index contributed by atoms with van der Waals surface area (Å²) in [6.45, 7) is 5.97. The minimum Gasteiger partial charge on any atom is -0.389 e. The van der Waals surface area contributed by atoms with Crippen molar-refractivity contribution in [3.05, 3.63) is 52.7 Å². The maximum atomic E-state index is 5.84. The highest BCUT2D eigenvalue weighted by Gasteiger charge is 2.15. The SMILES string of the molecule is Cc1nnc(NC(C)Cc2ccccc2)c(C(N)=S)c1C. The second-order valence-electron chi connectivity index (χ2n) is 5.23. The Balaban J connectivity index is 2.19. The zero-order valence-corrected chi connectivity index (χ0v) is 13.4. The summed E-state index contributed by atoms with van der Waals surface area (Å²) in [4.78, 5) is 0.347. The Morgan fingerprint density at radius 3 is 2.52 bits per heavy atom. The topological polar surface area (TPSA) is 63.8 Å². The van der Waals surface area contributed by atoms with E-state index in [0.717, 1.165) is 23.2 Å².